The lowest BCUT2D eigenvalue weighted by Gasteiger charge is -2.29. The van der Waals surface area contributed by atoms with Gasteiger partial charge in [-0.1, -0.05) is 12.2 Å². The molecule has 3 unspecified atom stereocenters. The van der Waals surface area contributed by atoms with E-state index in [9.17, 15) is 0 Å². The molecule has 1 aliphatic rings. The summed E-state index contributed by atoms with van der Waals surface area (Å²) < 4.78 is 18.7. The average Bonchev–Trinajstić information content (AvgIpc) is 2.34. The van der Waals surface area contributed by atoms with Gasteiger partial charge in [-0.2, -0.15) is 0 Å². The van der Waals surface area contributed by atoms with Crippen LogP contribution in [-0.4, -0.2) is 35.9 Å². The quantitative estimate of drug-likeness (QED) is 0.462. The monoisotopic (exact) mass is 362 g/mol. The van der Waals surface area contributed by atoms with Crippen LogP contribution in [0.15, 0.2) is 12.2 Å². The Morgan fingerprint density at radius 1 is 1.10 bits per heavy atom. The van der Waals surface area contributed by atoms with Gasteiger partial charge in [0.25, 0.3) is 9.28 Å². The lowest BCUT2D eigenvalue weighted by molar-refractivity contribution is 0.361. The maximum absolute atomic E-state index is 6.39. The van der Waals surface area contributed by atoms with Crippen molar-refractivity contribution in [2.24, 2.45) is 5.92 Å². The van der Waals surface area contributed by atoms with E-state index in [1.54, 1.807) is 0 Å². The minimum Gasteiger partial charge on any atom is -0.442 e. The zero-order valence-electron chi connectivity index (χ0n) is 14.7. The van der Waals surface area contributed by atoms with Crippen LogP contribution in [0.3, 0.4) is 0 Å². The molecule has 0 saturated carbocycles. The van der Waals surface area contributed by atoms with Gasteiger partial charge in [0.1, 0.15) is 0 Å². The van der Waals surface area contributed by atoms with E-state index in [0.717, 1.165) is 12.0 Å². The van der Waals surface area contributed by atoms with E-state index in [4.69, 9.17) is 12.3 Å². The summed E-state index contributed by atoms with van der Waals surface area (Å²) in [5.74, 6) is 0.844. The van der Waals surface area contributed by atoms with Crippen LogP contribution in [0.2, 0.25) is 45.3 Å². The van der Waals surface area contributed by atoms with Crippen LogP contribution >= 0.6 is 0 Å². The van der Waals surface area contributed by atoms with E-state index < -0.39 is 35.9 Å². The molecule has 0 amide bonds. The molecule has 21 heavy (non-hydrogen) atoms. The van der Waals surface area contributed by atoms with Crippen molar-refractivity contribution in [1.82, 2.24) is 0 Å². The molecule has 0 radical (unpaired) electrons. The second kappa shape index (κ2) is 9.59. The summed E-state index contributed by atoms with van der Waals surface area (Å²) in [6, 6.07) is 1.16. The Labute approximate surface area is 137 Å². The number of rotatable bonds is 9. The highest BCUT2D eigenvalue weighted by Crippen LogP contribution is 2.25. The Morgan fingerprint density at radius 3 is 2.33 bits per heavy atom. The van der Waals surface area contributed by atoms with Crippen LogP contribution < -0.4 is 0 Å². The van der Waals surface area contributed by atoms with E-state index in [2.05, 4.69) is 51.4 Å². The first-order valence-corrected chi connectivity index (χ1v) is 18.4. The summed E-state index contributed by atoms with van der Waals surface area (Å²) in [5.41, 5.74) is 0. The fraction of sp³-hybridized carbons (Fsp3) is 0.857. The third kappa shape index (κ3) is 9.98. The molecule has 3 atom stereocenters. The highest BCUT2D eigenvalue weighted by atomic mass is 28.4. The molecule has 0 saturated heterocycles. The van der Waals surface area contributed by atoms with Crippen molar-refractivity contribution >= 4 is 35.9 Å². The molecule has 0 aromatic rings. The van der Waals surface area contributed by atoms with Crippen LogP contribution in [0.1, 0.15) is 25.7 Å². The minimum atomic E-state index is -1.55. The molecule has 0 bridgehead atoms. The fourth-order valence-electron chi connectivity index (χ4n) is 2.67. The van der Waals surface area contributed by atoms with Crippen LogP contribution in [0.5, 0.6) is 0 Å². The fourth-order valence-corrected chi connectivity index (χ4v) is 13.9. The maximum Gasteiger partial charge on any atom is 0.302 e. The van der Waals surface area contributed by atoms with Gasteiger partial charge in [0.2, 0.25) is 0 Å². The Balaban J connectivity index is 2.45. The molecule has 0 heterocycles. The van der Waals surface area contributed by atoms with E-state index in [-0.39, 0.29) is 0 Å². The number of hydrogen-bond donors (Lipinski definition) is 0. The number of hydrogen-bond acceptors (Lipinski definition) is 3. The van der Waals surface area contributed by atoms with Crippen LogP contribution in [0.4, 0.5) is 0 Å². The average molecular weight is 363 g/mol. The first kappa shape index (κ1) is 19.5. The zero-order valence-corrected chi connectivity index (χ0v) is 19.2. The van der Waals surface area contributed by atoms with E-state index in [1.165, 1.54) is 25.7 Å². The minimum absolute atomic E-state index is 0.844. The summed E-state index contributed by atoms with van der Waals surface area (Å²) in [6.45, 7) is 13.4. The van der Waals surface area contributed by atoms with Crippen molar-refractivity contribution in [3.05, 3.63) is 12.2 Å². The summed E-state index contributed by atoms with van der Waals surface area (Å²) in [6.07, 6.45) is 9.77. The summed E-state index contributed by atoms with van der Waals surface area (Å²) >= 11 is 0. The van der Waals surface area contributed by atoms with Gasteiger partial charge < -0.3 is 12.3 Å². The Morgan fingerprint density at radius 2 is 1.81 bits per heavy atom. The van der Waals surface area contributed by atoms with Gasteiger partial charge in [-0.05, 0) is 76.9 Å². The van der Waals surface area contributed by atoms with Gasteiger partial charge in [0.15, 0.2) is 17.4 Å². The van der Waals surface area contributed by atoms with Gasteiger partial charge in [0.05, 0.1) is 0 Å². The summed E-state index contributed by atoms with van der Waals surface area (Å²) in [7, 11) is -5.52. The van der Waals surface area contributed by atoms with Crippen LogP contribution in [0, 0.1) is 5.92 Å². The van der Waals surface area contributed by atoms with E-state index in [0.29, 0.717) is 0 Å². The van der Waals surface area contributed by atoms with Gasteiger partial charge in [0, 0.05) is 0 Å². The van der Waals surface area contributed by atoms with E-state index in [1.807, 2.05) is 0 Å². The topological polar surface area (TPSA) is 27.7 Å². The van der Waals surface area contributed by atoms with Crippen molar-refractivity contribution in [2.75, 3.05) is 0 Å². The standard InChI is InChI=1S/C14H34O3Si4/c1-18(2)15-19(3)16-20(17-21(4,5)6)13-12-14-10-8-7-9-11-14/h7-8,14,18-20H,9-13H2,1-6H3. The van der Waals surface area contributed by atoms with Crippen molar-refractivity contribution in [2.45, 2.75) is 71.0 Å². The van der Waals surface area contributed by atoms with Crippen LogP contribution in [0.25, 0.3) is 0 Å². The smallest absolute Gasteiger partial charge is 0.302 e. The number of allylic oxidation sites excluding steroid dienone is 2. The summed E-state index contributed by atoms with van der Waals surface area (Å²) in [4.78, 5) is 0. The van der Waals surface area contributed by atoms with Gasteiger partial charge in [-0.15, -0.1) is 0 Å². The molecule has 0 aromatic carbocycles. The van der Waals surface area contributed by atoms with Crippen molar-refractivity contribution < 1.29 is 12.3 Å². The SMILES string of the molecule is C[SiH](C)O[SiH](C)O[SiH](CCC1CC=CCC1)O[Si](C)(C)C. The highest BCUT2D eigenvalue weighted by Gasteiger charge is 2.27. The molecule has 3 nitrogen and oxygen atoms in total. The molecule has 124 valence electrons. The Hall–Kier alpha value is 0.488. The first-order chi connectivity index (χ1) is 9.76. The summed E-state index contributed by atoms with van der Waals surface area (Å²) in [5, 5.41) is 0. The third-order valence-corrected chi connectivity index (χ3v) is 14.6. The molecule has 0 spiro atoms. The highest BCUT2D eigenvalue weighted by molar-refractivity contribution is 6.77. The second-order valence-electron chi connectivity index (χ2n) is 7.28. The third-order valence-electron chi connectivity index (χ3n) is 3.48. The molecular weight excluding hydrogens is 328 g/mol. The molecule has 0 aliphatic heterocycles. The van der Waals surface area contributed by atoms with Crippen molar-refractivity contribution in [3.63, 3.8) is 0 Å². The Bertz CT molecular complexity index is 318. The lowest BCUT2D eigenvalue weighted by Crippen LogP contribution is -2.41. The van der Waals surface area contributed by atoms with Crippen molar-refractivity contribution in [1.29, 1.82) is 0 Å². The lowest BCUT2D eigenvalue weighted by atomic mass is 9.92. The normalized spacial score (nSPS) is 22.5. The molecule has 0 aromatic heterocycles. The predicted molar refractivity (Wildman–Crippen MR) is 102 cm³/mol. The largest absolute Gasteiger partial charge is 0.442 e. The van der Waals surface area contributed by atoms with E-state index >= 15 is 0 Å². The second-order valence-corrected chi connectivity index (χ2v) is 19.3. The maximum atomic E-state index is 6.39. The van der Waals surface area contributed by atoms with Gasteiger partial charge >= 0.3 is 9.28 Å². The Kier molecular flexibility index (Phi) is 8.92. The molecule has 1 aliphatic carbocycles. The van der Waals surface area contributed by atoms with Gasteiger partial charge in [-0.3, -0.25) is 0 Å². The van der Waals surface area contributed by atoms with Crippen molar-refractivity contribution in [3.8, 4) is 0 Å². The molecule has 0 fully saturated rings. The predicted octanol–water partition coefficient (Wildman–Crippen LogP) is 3.67. The molecule has 1 rings (SSSR count). The van der Waals surface area contributed by atoms with Gasteiger partial charge in [-0.25, -0.2) is 0 Å². The molecule has 0 N–H and O–H groups in total. The molecular formula is C14H34O3Si4. The first-order valence-electron chi connectivity index (χ1n) is 8.40. The molecule has 7 heteroatoms. The zero-order chi connectivity index (χ0) is 15.9. The van der Waals surface area contributed by atoms with Crippen LogP contribution in [-0.2, 0) is 12.3 Å².